The molecule has 1 aliphatic heterocycles. The van der Waals surface area contributed by atoms with Crippen molar-refractivity contribution in [2.24, 2.45) is 0 Å². The highest BCUT2D eigenvalue weighted by Gasteiger charge is 2.29. The largest absolute Gasteiger partial charge is 0.372 e. The van der Waals surface area contributed by atoms with Crippen LogP contribution in [0.1, 0.15) is 12.5 Å². The van der Waals surface area contributed by atoms with E-state index in [0.717, 1.165) is 17.3 Å². The molecule has 0 radical (unpaired) electrons. The van der Waals surface area contributed by atoms with Gasteiger partial charge in [0.15, 0.2) is 0 Å². The second-order valence-electron chi connectivity index (χ2n) is 6.60. The van der Waals surface area contributed by atoms with Crippen LogP contribution >= 0.6 is 0 Å². The summed E-state index contributed by atoms with van der Waals surface area (Å²) in [5.74, 6) is 0. The molecule has 1 heterocycles. The van der Waals surface area contributed by atoms with Crippen LogP contribution in [0, 0.1) is 10.1 Å². The highest BCUT2D eigenvalue weighted by molar-refractivity contribution is 7.89. The van der Waals surface area contributed by atoms with Crippen LogP contribution in [-0.4, -0.2) is 40.0 Å². The first kappa shape index (κ1) is 19.1. The lowest BCUT2D eigenvalue weighted by molar-refractivity contribution is -0.384. The minimum atomic E-state index is -3.76. The van der Waals surface area contributed by atoms with E-state index >= 15 is 0 Å². The molecule has 0 aliphatic carbocycles. The van der Waals surface area contributed by atoms with E-state index in [0.29, 0.717) is 18.8 Å². The number of likely N-dealkylation sites (N-methyl/N-ethyl adjacent to an activating group) is 1. The van der Waals surface area contributed by atoms with Gasteiger partial charge < -0.3 is 9.80 Å². The molecular weight excluding hydrogens is 368 g/mol. The second-order valence-corrected chi connectivity index (χ2v) is 8.49. The lowest BCUT2D eigenvalue weighted by Gasteiger charge is -2.30. The third kappa shape index (κ3) is 3.60. The van der Waals surface area contributed by atoms with Crippen molar-refractivity contribution in [2.45, 2.75) is 24.4 Å². The van der Waals surface area contributed by atoms with Crippen LogP contribution in [0.3, 0.4) is 0 Å². The van der Waals surface area contributed by atoms with Gasteiger partial charge in [0, 0.05) is 37.9 Å². The minimum absolute atomic E-state index is 0.00661. The van der Waals surface area contributed by atoms with E-state index in [-0.39, 0.29) is 16.6 Å². The molecule has 0 bridgehead atoms. The van der Waals surface area contributed by atoms with Crippen molar-refractivity contribution in [3.05, 3.63) is 58.1 Å². The van der Waals surface area contributed by atoms with E-state index in [1.165, 1.54) is 19.2 Å². The molecule has 0 saturated carbocycles. The summed E-state index contributed by atoms with van der Waals surface area (Å²) in [4.78, 5) is 15.1. The predicted molar refractivity (Wildman–Crippen MR) is 105 cm³/mol. The quantitative estimate of drug-likeness (QED) is 0.636. The number of nitro groups is 1. The summed E-state index contributed by atoms with van der Waals surface area (Å²) in [6, 6.07) is 12.0. The molecule has 27 heavy (non-hydrogen) atoms. The van der Waals surface area contributed by atoms with E-state index < -0.39 is 14.9 Å². The van der Waals surface area contributed by atoms with Crippen molar-refractivity contribution in [3.63, 3.8) is 0 Å². The molecule has 1 atom stereocenters. The summed E-state index contributed by atoms with van der Waals surface area (Å²) < 4.78 is 26.3. The average molecular weight is 390 g/mol. The molecule has 2 aromatic rings. The Bertz CT molecular complexity index is 977. The minimum Gasteiger partial charge on any atom is -0.372 e. The van der Waals surface area contributed by atoms with Gasteiger partial charge in [0.2, 0.25) is 10.0 Å². The predicted octanol–water partition coefficient (Wildman–Crippen LogP) is 2.35. The molecular formula is C18H22N4O4S. The van der Waals surface area contributed by atoms with Gasteiger partial charge in [0.25, 0.3) is 5.69 Å². The topological polar surface area (TPSA) is 95.8 Å². The van der Waals surface area contributed by atoms with Gasteiger partial charge in [-0.25, -0.2) is 13.1 Å². The molecule has 1 N–H and O–H groups in total. The Balaban J connectivity index is 2.11. The van der Waals surface area contributed by atoms with Gasteiger partial charge in [-0.2, -0.15) is 0 Å². The fraction of sp³-hybridized carbons (Fsp3) is 0.333. The van der Waals surface area contributed by atoms with E-state index in [9.17, 15) is 18.5 Å². The first-order chi connectivity index (χ1) is 12.7. The number of rotatable bonds is 4. The molecule has 0 aromatic heterocycles. The van der Waals surface area contributed by atoms with Crippen molar-refractivity contribution >= 4 is 27.1 Å². The molecule has 3 rings (SSSR count). The van der Waals surface area contributed by atoms with Crippen LogP contribution in [0.5, 0.6) is 0 Å². The molecule has 0 amide bonds. The van der Waals surface area contributed by atoms with Crippen molar-refractivity contribution < 1.29 is 13.3 Å². The molecule has 8 nitrogen and oxygen atoms in total. The van der Waals surface area contributed by atoms with Gasteiger partial charge in [0.05, 0.1) is 9.82 Å². The van der Waals surface area contributed by atoms with Gasteiger partial charge in [0.1, 0.15) is 5.69 Å². The maximum Gasteiger partial charge on any atom is 0.293 e. The smallest absolute Gasteiger partial charge is 0.293 e. The third-order valence-corrected chi connectivity index (χ3v) is 6.26. The Morgan fingerprint density at radius 1 is 1.19 bits per heavy atom. The van der Waals surface area contributed by atoms with Gasteiger partial charge in [-0.1, -0.05) is 18.2 Å². The number of hydrogen-bond donors (Lipinski definition) is 1. The number of para-hydroxylation sites is 1. The molecule has 1 aliphatic rings. The van der Waals surface area contributed by atoms with Crippen LogP contribution < -0.4 is 14.5 Å². The van der Waals surface area contributed by atoms with Crippen molar-refractivity contribution in [2.75, 3.05) is 30.4 Å². The summed E-state index contributed by atoms with van der Waals surface area (Å²) in [6.45, 7) is 3.19. The van der Waals surface area contributed by atoms with E-state index in [2.05, 4.69) is 9.62 Å². The van der Waals surface area contributed by atoms with E-state index in [4.69, 9.17) is 0 Å². The van der Waals surface area contributed by atoms with Crippen LogP contribution in [0.25, 0.3) is 0 Å². The number of nitrogens with one attached hydrogen (secondary N) is 1. The molecule has 0 spiro atoms. The molecule has 0 saturated heterocycles. The summed E-state index contributed by atoms with van der Waals surface area (Å²) in [5, 5.41) is 11.7. The maximum atomic E-state index is 12.0. The lowest BCUT2D eigenvalue weighted by Crippen LogP contribution is -2.38. The number of anilines is 2. The molecule has 9 heteroatoms. The summed E-state index contributed by atoms with van der Waals surface area (Å²) >= 11 is 0. The van der Waals surface area contributed by atoms with Gasteiger partial charge >= 0.3 is 0 Å². The zero-order chi connectivity index (χ0) is 19.8. The summed E-state index contributed by atoms with van der Waals surface area (Å²) in [7, 11) is -0.489. The van der Waals surface area contributed by atoms with Crippen LogP contribution in [-0.2, 0) is 16.6 Å². The highest BCUT2D eigenvalue weighted by atomic mass is 32.2. The molecule has 1 unspecified atom stereocenters. The molecule has 2 aromatic carbocycles. The third-order valence-electron chi connectivity index (χ3n) is 4.85. The Morgan fingerprint density at radius 2 is 1.89 bits per heavy atom. The SMILES string of the molecule is CNS(=O)(=O)c1ccc(N2Cc3ccccc3N(C)CC2C)c([N+](=O)[O-])c1. The zero-order valence-electron chi connectivity index (χ0n) is 15.4. The number of sulfonamides is 1. The molecule has 144 valence electrons. The standard InChI is InChI=1S/C18H22N4O4S/c1-13-11-20(3)16-7-5-4-6-14(16)12-21(13)17-9-8-15(27(25,26)19-2)10-18(17)22(23)24/h4-10,13,19H,11-12H2,1-3H3. The van der Waals surface area contributed by atoms with Gasteiger partial charge in [-0.05, 0) is 37.7 Å². The van der Waals surface area contributed by atoms with Gasteiger partial charge in [-0.3, -0.25) is 10.1 Å². The Labute approximate surface area is 158 Å². The van der Waals surface area contributed by atoms with Crippen molar-refractivity contribution in [1.29, 1.82) is 0 Å². The average Bonchev–Trinajstić information content (AvgIpc) is 2.77. The fourth-order valence-electron chi connectivity index (χ4n) is 3.45. The second kappa shape index (κ2) is 7.16. The summed E-state index contributed by atoms with van der Waals surface area (Å²) in [6.07, 6.45) is 0. The van der Waals surface area contributed by atoms with Crippen LogP contribution in [0.15, 0.2) is 47.4 Å². The number of benzene rings is 2. The van der Waals surface area contributed by atoms with Crippen molar-refractivity contribution in [1.82, 2.24) is 4.72 Å². The highest BCUT2D eigenvalue weighted by Crippen LogP contribution is 2.36. The maximum absolute atomic E-state index is 12.0. The first-order valence-corrected chi connectivity index (χ1v) is 10.0. The number of nitrogens with zero attached hydrogens (tertiary/aromatic N) is 3. The number of fused-ring (bicyclic) bond motifs is 1. The monoisotopic (exact) mass is 390 g/mol. The Kier molecular flexibility index (Phi) is 5.07. The first-order valence-electron chi connectivity index (χ1n) is 8.52. The normalized spacial score (nSPS) is 17.4. The van der Waals surface area contributed by atoms with Crippen molar-refractivity contribution in [3.8, 4) is 0 Å². The van der Waals surface area contributed by atoms with Crippen LogP contribution in [0.2, 0.25) is 0 Å². The lowest BCUT2D eigenvalue weighted by atomic mass is 10.1. The summed E-state index contributed by atoms with van der Waals surface area (Å²) in [5.41, 5.74) is 2.34. The van der Waals surface area contributed by atoms with Gasteiger partial charge in [-0.15, -0.1) is 0 Å². The Morgan fingerprint density at radius 3 is 2.56 bits per heavy atom. The van der Waals surface area contributed by atoms with E-state index in [1.807, 2.05) is 43.1 Å². The van der Waals surface area contributed by atoms with Crippen LogP contribution in [0.4, 0.5) is 17.1 Å². The zero-order valence-corrected chi connectivity index (χ0v) is 16.2. The number of hydrogen-bond acceptors (Lipinski definition) is 6. The Hall–Kier alpha value is -2.65. The van der Waals surface area contributed by atoms with E-state index in [1.54, 1.807) is 0 Å². The fourth-order valence-corrected chi connectivity index (χ4v) is 4.20. The molecule has 0 fully saturated rings. The number of nitro benzene ring substituents is 1.